The molecule has 8 nitrogen and oxygen atoms in total. The van der Waals surface area contributed by atoms with Crippen LogP contribution in [-0.2, 0) is 9.47 Å². The van der Waals surface area contributed by atoms with Gasteiger partial charge in [0.25, 0.3) is 0 Å². The lowest BCUT2D eigenvalue weighted by Crippen LogP contribution is -2.07. The van der Waals surface area contributed by atoms with Gasteiger partial charge in [-0.2, -0.15) is 0 Å². The van der Waals surface area contributed by atoms with Crippen molar-refractivity contribution in [2.75, 3.05) is 26.4 Å². The molecule has 2 N–H and O–H groups in total. The third-order valence-electron chi connectivity index (χ3n) is 6.23. The molecule has 2 aliphatic heterocycles. The number of carbonyl (C=O) groups is 2. The van der Waals surface area contributed by atoms with E-state index >= 15 is 0 Å². The Morgan fingerprint density at radius 2 is 1.22 bits per heavy atom. The van der Waals surface area contributed by atoms with Gasteiger partial charge in [-0.1, -0.05) is 12.1 Å². The molecule has 0 aromatic heterocycles. The molecular weight excluding hydrogens is 464 g/mol. The van der Waals surface area contributed by atoms with Crippen molar-refractivity contribution in [2.24, 2.45) is 0 Å². The van der Waals surface area contributed by atoms with Crippen molar-refractivity contribution in [1.82, 2.24) is 0 Å². The lowest BCUT2D eigenvalue weighted by Gasteiger charge is -2.18. The number of hydrogen-bond donors (Lipinski definition) is 2. The summed E-state index contributed by atoms with van der Waals surface area (Å²) in [6.45, 7) is 5.91. The van der Waals surface area contributed by atoms with Crippen molar-refractivity contribution in [2.45, 2.75) is 26.1 Å². The third-order valence-corrected chi connectivity index (χ3v) is 6.23. The van der Waals surface area contributed by atoms with Crippen LogP contribution in [0.3, 0.4) is 0 Å². The highest BCUT2D eigenvalue weighted by atomic mass is 16.6. The SMILES string of the molecule is Cc1cc(-c2cc(OCC3CO3)ccc2C(=O)O)cc(C)c1-c1cc(OCC2CO2)ccc1C(=O)O. The molecule has 5 rings (SSSR count). The number of rotatable bonds is 10. The van der Waals surface area contributed by atoms with Crippen molar-refractivity contribution < 1.29 is 38.7 Å². The van der Waals surface area contributed by atoms with Crippen molar-refractivity contribution in [3.05, 3.63) is 70.8 Å². The van der Waals surface area contributed by atoms with Crippen LogP contribution in [0.25, 0.3) is 22.3 Å². The van der Waals surface area contributed by atoms with Gasteiger partial charge >= 0.3 is 11.9 Å². The molecule has 186 valence electrons. The van der Waals surface area contributed by atoms with Gasteiger partial charge in [-0.15, -0.1) is 0 Å². The third kappa shape index (κ3) is 5.19. The summed E-state index contributed by atoms with van der Waals surface area (Å²) in [6, 6.07) is 13.6. The maximum Gasteiger partial charge on any atom is 0.336 e. The monoisotopic (exact) mass is 490 g/mol. The Balaban J connectivity index is 1.54. The largest absolute Gasteiger partial charge is 0.491 e. The van der Waals surface area contributed by atoms with Crippen LogP contribution in [0.4, 0.5) is 0 Å². The molecule has 2 aliphatic rings. The van der Waals surface area contributed by atoms with Gasteiger partial charge in [-0.25, -0.2) is 9.59 Å². The minimum atomic E-state index is -1.04. The number of ether oxygens (including phenoxy) is 4. The van der Waals surface area contributed by atoms with E-state index in [0.717, 1.165) is 16.7 Å². The molecule has 0 radical (unpaired) electrons. The van der Waals surface area contributed by atoms with E-state index in [0.29, 0.717) is 54.6 Å². The predicted octanol–water partition coefficient (Wildman–Crippen LogP) is 4.59. The average Bonchev–Trinajstić information content (AvgIpc) is 3.76. The molecule has 0 saturated carbocycles. The van der Waals surface area contributed by atoms with Gasteiger partial charge in [-0.05, 0) is 78.1 Å². The highest BCUT2D eigenvalue weighted by Gasteiger charge is 2.25. The quantitative estimate of drug-likeness (QED) is 0.396. The first-order valence-electron chi connectivity index (χ1n) is 11.7. The van der Waals surface area contributed by atoms with E-state index in [4.69, 9.17) is 18.9 Å². The zero-order chi connectivity index (χ0) is 25.4. The molecule has 0 bridgehead atoms. The van der Waals surface area contributed by atoms with Gasteiger partial charge in [0.1, 0.15) is 36.9 Å². The Morgan fingerprint density at radius 1 is 0.778 bits per heavy atom. The summed E-state index contributed by atoms with van der Waals surface area (Å²) >= 11 is 0. The van der Waals surface area contributed by atoms with Crippen molar-refractivity contribution in [3.8, 4) is 33.8 Å². The molecule has 8 heteroatoms. The number of epoxide rings is 2. The summed E-state index contributed by atoms with van der Waals surface area (Å²) in [5.74, 6) is -0.963. The molecular formula is C28H26O8. The molecule has 0 spiro atoms. The molecule has 2 fully saturated rings. The molecule has 2 saturated heterocycles. The predicted molar refractivity (Wildman–Crippen MR) is 131 cm³/mol. The van der Waals surface area contributed by atoms with Crippen LogP contribution in [0.2, 0.25) is 0 Å². The average molecular weight is 491 g/mol. The first-order valence-corrected chi connectivity index (χ1v) is 11.7. The van der Waals surface area contributed by atoms with E-state index in [2.05, 4.69) is 0 Å². The second kappa shape index (κ2) is 9.64. The minimum Gasteiger partial charge on any atom is -0.491 e. The van der Waals surface area contributed by atoms with Gasteiger partial charge in [0.2, 0.25) is 0 Å². The van der Waals surface area contributed by atoms with E-state index < -0.39 is 11.9 Å². The zero-order valence-electron chi connectivity index (χ0n) is 19.9. The van der Waals surface area contributed by atoms with Crippen LogP contribution in [0.15, 0.2) is 48.5 Å². The maximum absolute atomic E-state index is 12.0. The standard InChI is InChI=1S/C28H26O8/c1-15-7-17(24-9-18(33-11-20-13-35-20)3-5-22(24)27(29)30)8-16(2)26(15)25-10-19(34-12-21-14-36-21)4-6-23(25)28(31)32/h3-10,20-21H,11-14H2,1-2H3,(H,29,30)(H,31,32). The highest BCUT2D eigenvalue weighted by molar-refractivity contribution is 5.99. The molecule has 2 unspecified atom stereocenters. The Bertz CT molecular complexity index is 1310. The zero-order valence-corrected chi connectivity index (χ0v) is 19.9. The van der Waals surface area contributed by atoms with E-state index in [1.54, 1.807) is 30.3 Å². The highest BCUT2D eigenvalue weighted by Crippen LogP contribution is 2.38. The fourth-order valence-electron chi connectivity index (χ4n) is 4.30. The summed E-state index contributed by atoms with van der Waals surface area (Å²) in [5, 5.41) is 19.6. The lowest BCUT2D eigenvalue weighted by atomic mass is 9.88. The first kappa shape index (κ1) is 23.8. The molecule has 3 aromatic carbocycles. The number of carboxylic acids is 2. The number of aryl methyl sites for hydroxylation is 2. The lowest BCUT2D eigenvalue weighted by molar-refractivity contribution is 0.0686. The van der Waals surface area contributed by atoms with Crippen LogP contribution in [-0.4, -0.2) is 60.8 Å². The summed E-state index contributed by atoms with van der Waals surface area (Å²) in [7, 11) is 0. The molecule has 3 aromatic rings. The number of aromatic carboxylic acids is 2. The van der Waals surface area contributed by atoms with Gasteiger partial charge in [0, 0.05) is 5.56 Å². The number of benzene rings is 3. The van der Waals surface area contributed by atoms with Crippen LogP contribution < -0.4 is 9.47 Å². The smallest absolute Gasteiger partial charge is 0.336 e. The summed E-state index contributed by atoms with van der Waals surface area (Å²) in [5.41, 5.74) is 4.46. The van der Waals surface area contributed by atoms with Gasteiger partial charge in [0.05, 0.1) is 24.3 Å². The fourth-order valence-corrected chi connectivity index (χ4v) is 4.30. The molecule has 2 atom stereocenters. The minimum absolute atomic E-state index is 0.0790. The second-order valence-corrected chi connectivity index (χ2v) is 9.04. The van der Waals surface area contributed by atoms with Crippen LogP contribution >= 0.6 is 0 Å². The van der Waals surface area contributed by atoms with Gasteiger partial charge in [-0.3, -0.25) is 0 Å². The van der Waals surface area contributed by atoms with Crippen molar-refractivity contribution in [1.29, 1.82) is 0 Å². The molecule has 2 heterocycles. The first-order chi connectivity index (χ1) is 17.3. The van der Waals surface area contributed by atoms with Crippen LogP contribution in [0.5, 0.6) is 11.5 Å². The Morgan fingerprint density at radius 3 is 1.67 bits per heavy atom. The molecule has 36 heavy (non-hydrogen) atoms. The molecule has 0 aliphatic carbocycles. The van der Waals surface area contributed by atoms with Crippen LogP contribution in [0.1, 0.15) is 31.8 Å². The Labute approximate surface area is 208 Å². The summed E-state index contributed by atoms with van der Waals surface area (Å²) in [4.78, 5) is 24.0. The second-order valence-electron chi connectivity index (χ2n) is 9.04. The van der Waals surface area contributed by atoms with E-state index in [1.165, 1.54) is 6.07 Å². The Hall–Kier alpha value is -3.88. The summed E-state index contributed by atoms with van der Waals surface area (Å²) < 4.78 is 21.9. The van der Waals surface area contributed by atoms with Crippen molar-refractivity contribution in [3.63, 3.8) is 0 Å². The van der Waals surface area contributed by atoms with E-state index in [9.17, 15) is 19.8 Å². The fraction of sp³-hybridized carbons (Fsp3) is 0.286. The maximum atomic E-state index is 12.0. The number of hydrogen-bond acceptors (Lipinski definition) is 6. The summed E-state index contributed by atoms with van der Waals surface area (Å²) in [6.07, 6.45) is 0.159. The van der Waals surface area contributed by atoms with Gasteiger partial charge < -0.3 is 29.2 Å². The number of carboxylic acid groups (broad SMARTS) is 2. The topological polar surface area (TPSA) is 118 Å². The normalized spacial score (nSPS) is 17.9. The van der Waals surface area contributed by atoms with E-state index in [1.807, 2.05) is 26.0 Å². The Kier molecular flexibility index (Phi) is 6.38. The molecule has 0 amide bonds. The van der Waals surface area contributed by atoms with Crippen molar-refractivity contribution >= 4 is 11.9 Å². The van der Waals surface area contributed by atoms with E-state index in [-0.39, 0.29) is 23.3 Å². The van der Waals surface area contributed by atoms with Gasteiger partial charge in [0.15, 0.2) is 0 Å². The van der Waals surface area contributed by atoms with Crippen LogP contribution in [0, 0.1) is 13.8 Å².